The zero-order chi connectivity index (χ0) is 21.2. The maximum Gasteiger partial charge on any atom is 0.274 e. The molecule has 3 nitrogen and oxygen atoms in total. The van der Waals surface area contributed by atoms with Gasteiger partial charge in [-0.15, -0.1) is 0 Å². The molecule has 0 radical (unpaired) electrons. The molecule has 30 heavy (non-hydrogen) atoms. The third kappa shape index (κ3) is 6.34. The predicted octanol–water partition coefficient (Wildman–Crippen LogP) is 6.50. The summed E-state index contributed by atoms with van der Waals surface area (Å²) in [6.45, 7) is 6.48. The van der Waals surface area contributed by atoms with E-state index < -0.39 is 0 Å². The normalized spacial score (nSPS) is 13.3. The second-order valence-electron chi connectivity index (χ2n) is 7.40. The second kappa shape index (κ2) is 11.5. The van der Waals surface area contributed by atoms with Crippen LogP contribution in [-0.2, 0) is 9.48 Å². The van der Waals surface area contributed by atoms with Gasteiger partial charge in [-0.1, -0.05) is 66.8 Å². The Labute approximate surface area is 187 Å². The third-order valence-electron chi connectivity index (χ3n) is 5.21. The predicted molar refractivity (Wildman–Crippen MR) is 130 cm³/mol. The molecular weight excluding hydrogens is 412 g/mol. The Morgan fingerprint density at radius 3 is 2.50 bits per heavy atom. The van der Waals surface area contributed by atoms with E-state index in [9.17, 15) is 4.79 Å². The van der Waals surface area contributed by atoms with Gasteiger partial charge >= 0.3 is 0 Å². The molecule has 1 aromatic heterocycles. The van der Waals surface area contributed by atoms with Crippen LogP contribution in [0.5, 0.6) is 5.75 Å². The van der Waals surface area contributed by atoms with Gasteiger partial charge in [0.15, 0.2) is 5.75 Å². The minimum absolute atomic E-state index is 0.0240. The molecule has 5 heteroatoms. The average Bonchev–Trinajstić information content (AvgIpc) is 2.78. The molecule has 0 aliphatic heterocycles. The van der Waals surface area contributed by atoms with E-state index in [1.807, 2.05) is 42.1 Å². The van der Waals surface area contributed by atoms with Crippen molar-refractivity contribution < 1.29 is 9.47 Å². The van der Waals surface area contributed by atoms with Crippen molar-refractivity contribution in [2.75, 3.05) is 25.6 Å². The molecule has 160 valence electrons. The summed E-state index contributed by atoms with van der Waals surface area (Å²) < 4.78 is 12.6. The smallest absolute Gasteiger partial charge is 0.274 e. The minimum Gasteiger partial charge on any atom is -0.488 e. The highest BCUT2D eigenvalue weighted by Crippen LogP contribution is 2.39. The number of fused-ring (bicyclic) bond motifs is 1. The molecule has 2 aromatic carbocycles. The average molecular weight is 443 g/mol. The molecule has 0 amide bonds. The van der Waals surface area contributed by atoms with Gasteiger partial charge in [-0.05, 0) is 48.6 Å². The van der Waals surface area contributed by atoms with Gasteiger partial charge in [0, 0.05) is 29.1 Å². The topological polar surface area (TPSA) is 35.5 Å². The first-order chi connectivity index (χ1) is 14.6. The van der Waals surface area contributed by atoms with Crippen molar-refractivity contribution in [2.45, 2.75) is 37.9 Å². The molecule has 0 spiro atoms. The molecule has 0 N–H and O–H groups in total. The fraction of sp³-hybridized carbons (Fsp3) is 0.400. The fourth-order valence-corrected chi connectivity index (χ4v) is 5.26. The van der Waals surface area contributed by atoms with Gasteiger partial charge < -0.3 is 9.47 Å². The zero-order valence-electron chi connectivity index (χ0n) is 17.8. The number of ether oxygens (including phenoxy) is 2. The highest BCUT2D eigenvalue weighted by Gasteiger charge is 2.24. The molecule has 3 rings (SSSR count). The van der Waals surface area contributed by atoms with Gasteiger partial charge in [0.05, 0.1) is 6.61 Å². The number of hydrogen-bond acceptors (Lipinski definition) is 5. The maximum absolute atomic E-state index is 12.1. The van der Waals surface area contributed by atoms with Crippen molar-refractivity contribution in [2.24, 2.45) is 0 Å². The Hall–Kier alpha value is -1.82. The van der Waals surface area contributed by atoms with E-state index in [1.54, 1.807) is 0 Å². The zero-order valence-corrected chi connectivity index (χ0v) is 19.4. The van der Waals surface area contributed by atoms with Gasteiger partial charge in [-0.25, -0.2) is 0 Å². The minimum atomic E-state index is -0.0240. The monoisotopic (exact) mass is 442 g/mol. The molecule has 1 atom stereocenters. The van der Waals surface area contributed by atoms with E-state index >= 15 is 0 Å². The largest absolute Gasteiger partial charge is 0.488 e. The van der Waals surface area contributed by atoms with Crippen LogP contribution in [0.25, 0.3) is 10.1 Å². The number of rotatable bonds is 12. The summed E-state index contributed by atoms with van der Waals surface area (Å²) in [7, 11) is 0. The van der Waals surface area contributed by atoms with Crippen molar-refractivity contribution in [3.8, 4) is 5.75 Å². The van der Waals surface area contributed by atoms with E-state index in [4.69, 9.17) is 9.47 Å². The summed E-state index contributed by atoms with van der Waals surface area (Å²) in [6, 6.07) is 20.4. The lowest BCUT2D eigenvalue weighted by Crippen LogP contribution is -2.17. The Bertz CT molecular complexity index is 971. The van der Waals surface area contributed by atoms with Crippen LogP contribution in [0.15, 0.2) is 65.5 Å². The lowest BCUT2D eigenvalue weighted by molar-refractivity contribution is 0.120. The molecule has 0 saturated heterocycles. The van der Waals surface area contributed by atoms with Gasteiger partial charge in [-0.2, -0.15) is 11.8 Å². The first-order valence-electron chi connectivity index (χ1n) is 10.6. The van der Waals surface area contributed by atoms with E-state index in [1.165, 1.54) is 16.9 Å². The van der Waals surface area contributed by atoms with Crippen molar-refractivity contribution in [3.63, 3.8) is 0 Å². The van der Waals surface area contributed by atoms with E-state index in [2.05, 4.69) is 44.2 Å². The lowest BCUT2D eigenvalue weighted by Gasteiger charge is -2.28. The van der Waals surface area contributed by atoms with Crippen LogP contribution in [0.2, 0.25) is 0 Å². The standard InChI is InChI=1S/C25H30O3S2/c1-3-25(2,21-12-5-4-6-13-21)29-18-10-16-27-15-9-17-28-22-19-20-11-7-8-14-23(20)30-24(22)26/h4-8,11-14,19H,3,9-10,15-18H2,1-2H3. The van der Waals surface area contributed by atoms with E-state index in [0.717, 1.165) is 41.7 Å². The summed E-state index contributed by atoms with van der Waals surface area (Å²) >= 11 is 3.24. The number of thioether (sulfide) groups is 1. The van der Waals surface area contributed by atoms with Crippen LogP contribution in [0.4, 0.5) is 0 Å². The van der Waals surface area contributed by atoms with Gasteiger partial charge in [-0.3, -0.25) is 4.79 Å². The second-order valence-corrected chi connectivity index (χ2v) is 10.0. The van der Waals surface area contributed by atoms with Crippen molar-refractivity contribution in [1.29, 1.82) is 0 Å². The molecule has 1 heterocycles. The molecule has 0 aliphatic carbocycles. The van der Waals surface area contributed by atoms with Gasteiger partial charge in [0.2, 0.25) is 0 Å². The summed E-state index contributed by atoms with van der Waals surface area (Å²) in [5, 5.41) is 1.04. The highest BCUT2D eigenvalue weighted by molar-refractivity contribution is 8.00. The summed E-state index contributed by atoms with van der Waals surface area (Å²) in [6.07, 6.45) is 2.92. The molecule has 3 aromatic rings. The first kappa shape index (κ1) is 22.9. The maximum atomic E-state index is 12.1. The first-order valence-corrected chi connectivity index (χ1v) is 12.4. The molecule has 1 unspecified atom stereocenters. The van der Waals surface area contributed by atoms with Crippen molar-refractivity contribution >= 4 is 33.2 Å². The van der Waals surface area contributed by atoms with Crippen molar-refractivity contribution in [3.05, 3.63) is 75.8 Å². The molecule has 0 saturated carbocycles. The Morgan fingerprint density at radius 1 is 0.967 bits per heavy atom. The van der Waals surface area contributed by atoms with Crippen LogP contribution < -0.4 is 9.48 Å². The van der Waals surface area contributed by atoms with Crippen LogP contribution >= 0.6 is 23.1 Å². The molecule has 0 fully saturated rings. The van der Waals surface area contributed by atoms with Gasteiger partial charge in [0.1, 0.15) is 0 Å². The lowest BCUT2D eigenvalue weighted by atomic mass is 9.98. The van der Waals surface area contributed by atoms with Crippen molar-refractivity contribution in [1.82, 2.24) is 0 Å². The number of hydrogen-bond donors (Lipinski definition) is 0. The van der Waals surface area contributed by atoms with Gasteiger partial charge in [0.25, 0.3) is 4.74 Å². The quantitative estimate of drug-likeness (QED) is 0.300. The van der Waals surface area contributed by atoms with Crippen LogP contribution in [0.1, 0.15) is 38.7 Å². The Morgan fingerprint density at radius 2 is 1.70 bits per heavy atom. The third-order valence-corrected chi connectivity index (χ3v) is 7.85. The summed E-state index contributed by atoms with van der Waals surface area (Å²) in [5.74, 6) is 1.52. The van der Waals surface area contributed by atoms with Crippen LogP contribution in [0.3, 0.4) is 0 Å². The van der Waals surface area contributed by atoms with Crippen LogP contribution in [-0.4, -0.2) is 25.6 Å². The fourth-order valence-electron chi connectivity index (χ4n) is 3.23. The number of benzene rings is 2. The Balaban J connectivity index is 1.31. The van der Waals surface area contributed by atoms with E-state index in [-0.39, 0.29) is 9.49 Å². The summed E-state index contributed by atoms with van der Waals surface area (Å²) in [5.41, 5.74) is 1.39. The molecular formula is C25H30O3S2. The SMILES string of the molecule is CCC(C)(SCCCOCCCOc1cc2ccccc2sc1=O)c1ccccc1. The van der Waals surface area contributed by atoms with E-state index in [0.29, 0.717) is 19.0 Å². The summed E-state index contributed by atoms with van der Waals surface area (Å²) in [4.78, 5) is 12.1. The molecule has 0 aliphatic rings. The Kier molecular flexibility index (Phi) is 8.79. The molecule has 0 bridgehead atoms. The highest BCUT2D eigenvalue weighted by atomic mass is 32.2. The van der Waals surface area contributed by atoms with Crippen LogP contribution in [0, 0.1) is 0 Å².